The number of benzene rings is 3. The first-order chi connectivity index (χ1) is 15.5. The summed E-state index contributed by atoms with van der Waals surface area (Å²) in [6, 6.07) is 19.0. The maximum atomic E-state index is 12.6. The first-order valence-corrected chi connectivity index (χ1v) is 10.0. The van der Waals surface area contributed by atoms with Crippen molar-refractivity contribution < 1.29 is 23.8 Å². The largest absolute Gasteiger partial charge is 0.493 e. The molecule has 9 heteroatoms. The van der Waals surface area contributed by atoms with Gasteiger partial charge in [-0.2, -0.15) is 0 Å². The van der Waals surface area contributed by atoms with Crippen molar-refractivity contribution in [1.29, 1.82) is 0 Å². The summed E-state index contributed by atoms with van der Waals surface area (Å²) < 4.78 is 15.9. The highest BCUT2D eigenvalue weighted by Crippen LogP contribution is 2.41. The second-order valence-electron chi connectivity index (χ2n) is 6.72. The van der Waals surface area contributed by atoms with Gasteiger partial charge >= 0.3 is 0 Å². The summed E-state index contributed by atoms with van der Waals surface area (Å²) in [4.78, 5) is 25.0. The number of nitrogens with one attached hydrogen (secondary N) is 3. The molecule has 1 aliphatic rings. The summed E-state index contributed by atoms with van der Waals surface area (Å²) in [5, 5.41) is 8.47. The van der Waals surface area contributed by atoms with Crippen LogP contribution in [0.5, 0.6) is 17.2 Å². The van der Waals surface area contributed by atoms with Gasteiger partial charge in [-0.15, -0.1) is 0 Å². The van der Waals surface area contributed by atoms with Crippen LogP contribution in [0.25, 0.3) is 0 Å². The van der Waals surface area contributed by atoms with Gasteiger partial charge in [-0.05, 0) is 54.7 Å². The van der Waals surface area contributed by atoms with E-state index < -0.39 is 5.91 Å². The SMILES string of the molecule is COc1cc(C(=O)NC(=S)Nc2cccc(NC(=O)c3ccccc3)c2)cc2c1OCO2. The second kappa shape index (κ2) is 9.36. The maximum absolute atomic E-state index is 12.6. The van der Waals surface area contributed by atoms with E-state index >= 15 is 0 Å². The van der Waals surface area contributed by atoms with Crippen molar-refractivity contribution in [3.63, 3.8) is 0 Å². The predicted molar refractivity (Wildman–Crippen MR) is 124 cm³/mol. The fourth-order valence-corrected chi connectivity index (χ4v) is 3.28. The number of ether oxygens (including phenoxy) is 3. The lowest BCUT2D eigenvalue weighted by molar-refractivity contribution is 0.0975. The number of carbonyl (C=O) groups excluding carboxylic acids is 2. The molecule has 0 bridgehead atoms. The molecule has 8 nitrogen and oxygen atoms in total. The van der Waals surface area contributed by atoms with Crippen molar-refractivity contribution in [1.82, 2.24) is 5.32 Å². The minimum atomic E-state index is -0.437. The van der Waals surface area contributed by atoms with E-state index in [4.69, 9.17) is 26.4 Å². The summed E-state index contributed by atoms with van der Waals surface area (Å²) in [5.41, 5.74) is 2.04. The smallest absolute Gasteiger partial charge is 0.257 e. The summed E-state index contributed by atoms with van der Waals surface area (Å²) in [6.07, 6.45) is 0. The summed E-state index contributed by atoms with van der Waals surface area (Å²) in [6.45, 7) is 0.0634. The van der Waals surface area contributed by atoms with Crippen LogP contribution >= 0.6 is 12.2 Å². The quantitative estimate of drug-likeness (QED) is 0.510. The predicted octanol–water partition coefficient (Wildman–Crippen LogP) is 3.80. The number of hydrogen-bond donors (Lipinski definition) is 3. The van der Waals surface area contributed by atoms with Crippen LogP contribution in [0.4, 0.5) is 11.4 Å². The number of rotatable bonds is 5. The van der Waals surface area contributed by atoms with Gasteiger partial charge in [0, 0.05) is 22.5 Å². The van der Waals surface area contributed by atoms with Crippen LogP contribution in [0.15, 0.2) is 66.7 Å². The number of carbonyl (C=O) groups is 2. The van der Waals surface area contributed by atoms with Crippen molar-refractivity contribution >= 4 is 40.5 Å². The van der Waals surface area contributed by atoms with Gasteiger partial charge in [0.1, 0.15) is 0 Å². The standard InChI is InChI=1S/C23H19N3O5S/c1-29-18-10-15(11-19-20(18)31-13-30-19)22(28)26-23(32)25-17-9-5-8-16(12-17)24-21(27)14-6-3-2-4-7-14/h2-12H,13H2,1H3,(H,24,27)(H2,25,26,28,32). The van der Waals surface area contributed by atoms with Crippen LogP contribution in [-0.2, 0) is 0 Å². The molecule has 3 N–H and O–H groups in total. The fourth-order valence-electron chi connectivity index (χ4n) is 3.07. The first-order valence-electron chi connectivity index (χ1n) is 9.60. The number of fused-ring (bicyclic) bond motifs is 1. The van der Waals surface area contributed by atoms with Gasteiger partial charge in [0.25, 0.3) is 11.8 Å². The highest BCUT2D eigenvalue weighted by molar-refractivity contribution is 7.80. The Bertz CT molecular complexity index is 1180. The van der Waals surface area contributed by atoms with E-state index in [9.17, 15) is 9.59 Å². The molecule has 4 rings (SSSR count). The Labute approximate surface area is 189 Å². The fraction of sp³-hybridized carbons (Fsp3) is 0.0870. The number of methoxy groups -OCH3 is 1. The minimum Gasteiger partial charge on any atom is -0.493 e. The van der Waals surface area contributed by atoms with Gasteiger partial charge in [0.05, 0.1) is 7.11 Å². The van der Waals surface area contributed by atoms with Crippen LogP contribution in [-0.4, -0.2) is 30.8 Å². The number of anilines is 2. The Morgan fingerprint density at radius 2 is 1.62 bits per heavy atom. The Morgan fingerprint density at radius 1 is 0.875 bits per heavy atom. The summed E-state index contributed by atoms with van der Waals surface area (Å²) in [7, 11) is 1.48. The van der Waals surface area contributed by atoms with E-state index in [2.05, 4.69) is 16.0 Å². The summed E-state index contributed by atoms with van der Waals surface area (Å²) >= 11 is 5.26. The normalized spacial score (nSPS) is 11.4. The molecule has 1 heterocycles. The minimum absolute atomic E-state index is 0.0634. The monoisotopic (exact) mass is 449 g/mol. The van der Waals surface area contributed by atoms with Crippen molar-refractivity contribution in [3.05, 3.63) is 77.9 Å². The van der Waals surface area contributed by atoms with E-state index in [1.54, 1.807) is 60.7 Å². The molecule has 162 valence electrons. The molecular formula is C23H19N3O5S. The average molecular weight is 449 g/mol. The second-order valence-corrected chi connectivity index (χ2v) is 7.13. The molecule has 0 saturated carbocycles. The molecule has 0 aromatic heterocycles. The molecule has 32 heavy (non-hydrogen) atoms. The van der Waals surface area contributed by atoms with Gasteiger partial charge < -0.3 is 24.8 Å². The molecule has 0 saturated heterocycles. The lowest BCUT2D eigenvalue weighted by atomic mass is 10.1. The van der Waals surface area contributed by atoms with Crippen LogP contribution in [0, 0.1) is 0 Å². The molecule has 0 atom stereocenters. The van der Waals surface area contributed by atoms with Crippen LogP contribution in [0.3, 0.4) is 0 Å². The molecule has 0 aliphatic carbocycles. The number of amides is 2. The molecule has 0 radical (unpaired) electrons. The molecule has 2 amide bonds. The van der Waals surface area contributed by atoms with Gasteiger partial charge in [-0.1, -0.05) is 24.3 Å². The van der Waals surface area contributed by atoms with E-state index in [0.29, 0.717) is 39.8 Å². The molecule has 0 spiro atoms. The van der Waals surface area contributed by atoms with Crippen molar-refractivity contribution in [2.45, 2.75) is 0 Å². The number of hydrogen-bond acceptors (Lipinski definition) is 6. The van der Waals surface area contributed by atoms with E-state index in [0.717, 1.165) is 0 Å². The lowest BCUT2D eigenvalue weighted by Gasteiger charge is -2.12. The number of thiocarbonyl (C=S) groups is 1. The van der Waals surface area contributed by atoms with Crippen molar-refractivity contribution in [2.75, 3.05) is 24.5 Å². The third-order valence-corrected chi connectivity index (χ3v) is 4.77. The Kier molecular flexibility index (Phi) is 6.18. The zero-order valence-electron chi connectivity index (χ0n) is 17.0. The Balaban J connectivity index is 1.40. The van der Waals surface area contributed by atoms with Crippen LogP contribution < -0.4 is 30.2 Å². The zero-order valence-corrected chi connectivity index (χ0v) is 17.8. The van der Waals surface area contributed by atoms with Gasteiger partial charge in [0.2, 0.25) is 12.5 Å². The van der Waals surface area contributed by atoms with E-state index in [-0.39, 0.29) is 17.8 Å². The van der Waals surface area contributed by atoms with E-state index in [1.165, 1.54) is 7.11 Å². The molecule has 0 fully saturated rings. The topological polar surface area (TPSA) is 97.9 Å². The van der Waals surface area contributed by atoms with Crippen LogP contribution in [0.1, 0.15) is 20.7 Å². The Hall–Kier alpha value is -4.11. The molecule has 3 aromatic carbocycles. The maximum Gasteiger partial charge on any atom is 0.257 e. The third kappa shape index (κ3) is 4.79. The van der Waals surface area contributed by atoms with Crippen molar-refractivity contribution in [2.24, 2.45) is 0 Å². The highest BCUT2D eigenvalue weighted by atomic mass is 32.1. The van der Waals surface area contributed by atoms with Gasteiger partial charge in [-0.3, -0.25) is 14.9 Å². The first kappa shape index (κ1) is 21.1. The zero-order chi connectivity index (χ0) is 22.5. The van der Waals surface area contributed by atoms with Gasteiger partial charge in [-0.25, -0.2) is 0 Å². The molecule has 1 aliphatic heterocycles. The molecule has 0 unspecified atom stereocenters. The van der Waals surface area contributed by atoms with E-state index in [1.807, 2.05) is 6.07 Å². The third-order valence-electron chi connectivity index (χ3n) is 4.56. The molecular weight excluding hydrogens is 430 g/mol. The Morgan fingerprint density at radius 3 is 2.38 bits per heavy atom. The van der Waals surface area contributed by atoms with Crippen molar-refractivity contribution in [3.8, 4) is 17.2 Å². The van der Waals surface area contributed by atoms with Gasteiger partial charge in [0.15, 0.2) is 16.6 Å². The highest BCUT2D eigenvalue weighted by Gasteiger charge is 2.22. The average Bonchev–Trinajstić information content (AvgIpc) is 3.28. The summed E-state index contributed by atoms with van der Waals surface area (Å²) in [5.74, 6) is 0.614. The lowest BCUT2D eigenvalue weighted by Crippen LogP contribution is -2.34. The van der Waals surface area contributed by atoms with Crippen LogP contribution in [0.2, 0.25) is 0 Å². The molecule has 3 aromatic rings.